The smallest absolute Gasteiger partial charge is 0.315 e. The van der Waals surface area contributed by atoms with Gasteiger partial charge in [-0.2, -0.15) is 0 Å². The van der Waals surface area contributed by atoms with E-state index in [-0.39, 0.29) is 6.03 Å². The summed E-state index contributed by atoms with van der Waals surface area (Å²) in [7, 11) is 0. The van der Waals surface area contributed by atoms with E-state index in [1.165, 1.54) is 0 Å². The van der Waals surface area contributed by atoms with Crippen LogP contribution in [0.2, 0.25) is 0 Å². The lowest BCUT2D eigenvalue weighted by molar-refractivity contribution is 0.223. The molecule has 1 saturated heterocycles. The molecule has 0 bridgehead atoms. The molecule has 2 amide bonds. The van der Waals surface area contributed by atoms with Gasteiger partial charge in [-0.15, -0.1) is 0 Å². The molecule has 0 spiro atoms. The summed E-state index contributed by atoms with van der Waals surface area (Å²) < 4.78 is 0. The Bertz CT molecular complexity index is 112. The van der Waals surface area contributed by atoms with Gasteiger partial charge in [0.1, 0.15) is 0 Å². The summed E-state index contributed by atoms with van der Waals surface area (Å²) in [6.45, 7) is 4.02. The van der Waals surface area contributed by atoms with Crippen molar-refractivity contribution in [1.29, 1.82) is 0 Å². The maximum atomic E-state index is 10.7. The van der Waals surface area contributed by atoms with Crippen molar-refractivity contribution in [2.45, 2.75) is 32.4 Å². The Morgan fingerprint density at radius 3 is 2.11 bits per heavy atom. The van der Waals surface area contributed by atoms with Crippen LogP contribution >= 0.6 is 0 Å². The molecule has 3 nitrogen and oxygen atoms in total. The summed E-state index contributed by atoms with van der Waals surface area (Å²) in [5.74, 6) is 0. The van der Waals surface area contributed by atoms with E-state index in [2.05, 4.69) is 10.6 Å². The van der Waals surface area contributed by atoms with Crippen LogP contribution in [-0.4, -0.2) is 18.1 Å². The first kappa shape index (κ1) is 6.39. The van der Waals surface area contributed by atoms with E-state index < -0.39 is 0 Å². The summed E-state index contributed by atoms with van der Waals surface area (Å²) in [4.78, 5) is 10.7. The normalized spacial score (nSPS) is 35.1. The zero-order valence-corrected chi connectivity index (χ0v) is 5.77. The van der Waals surface area contributed by atoms with Gasteiger partial charge in [-0.1, -0.05) is 0 Å². The Hall–Kier alpha value is -0.730. The number of nitrogens with one attached hydrogen (secondary N) is 2. The summed E-state index contributed by atoms with van der Waals surface area (Å²) in [6.07, 6.45) is 1.02. The van der Waals surface area contributed by atoms with Crippen molar-refractivity contribution in [3.8, 4) is 0 Å². The first-order valence-electron chi connectivity index (χ1n) is 3.25. The highest BCUT2D eigenvalue weighted by molar-refractivity contribution is 5.75. The largest absolute Gasteiger partial charge is 0.336 e. The standard InChI is InChI=1S/C6H12N2O/c1-4-3-5(2)8-6(9)7-4/h4-5H,3H2,1-2H3,(H2,7,8,9)/t4-,5-/m1/s1. The third-order valence-corrected chi connectivity index (χ3v) is 1.46. The minimum atomic E-state index is -0.0405. The van der Waals surface area contributed by atoms with Gasteiger partial charge in [0.15, 0.2) is 0 Å². The van der Waals surface area contributed by atoms with Crippen LogP contribution in [0.5, 0.6) is 0 Å². The fraction of sp³-hybridized carbons (Fsp3) is 0.833. The Morgan fingerprint density at radius 1 is 1.33 bits per heavy atom. The minimum absolute atomic E-state index is 0.0405. The van der Waals surface area contributed by atoms with E-state index in [4.69, 9.17) is 0 Å². The molecule has 0 aromatic carbocycles. The number of hydrogen-bond acceptors (Lipinski definition) is 1. The summed E-state index contributed by atoms with van der Waals surface area (Å²) in [6, 6.07) is 0.615. The molecule has 0 aromatic rings. The molecule has 0 saturated carbocycles. The van der Waals surface area contributed by atoms with E-state index >= 15 is 0 Å². The lowest BCUT2D eigenvalue weighted by atomic mass is 10.1. The molecule has 0 aromatic heterocycles. The summed E-state index contributed by atoms with van der Waals surface area (Å²) in [5, 5.41) is 5.52. The molecule has 1 aliphatic rings. The van der Waals surface area contributed by atoms with E-state index in [0.717, 1.165) is 6.42 Å². The van der Waals surface area contributed by atoms with E-state index in [1.807, 2.05) is 13.8 Å². The van der Waals surface area contributed by atoms with Crippen molar-refractivity contribution in [3.63, 3.8) is 0 Å². The van der Waals surface area contributed by atoms with Crippen LogP contribution in [0.25, 0.3) is 0 Å². The molecule has 9 heavy (non-hydrogen) atoms. The zero-order valence-electron chi connectivity index (χ0n) is 5.77. The highest BCUT2D eigenvalue weighted by Gasteiger charge is 2.18. The Kier molecular flexibility index (Phi) is 1.60. The van der Waals surface area contributed by atoms with Crippen molar-refractivity contribution in [2.24, 2.45) is 0 Å². The quantitative estimate of drug-likeness (QED) is 0.489. The van der Waals surface area contributed by atoms with E-state index in [9.17, 15) is 4.79 Å². The van der Waals surface area contributed by atoms with Gasteiger partial charge in [0.2, 0.25) is 0 Å². The topological polar surface area (TPSA) is 41.1 Å². The van der Waals surface area contributed by atoms with Crippen LogP contribution < -0.4 is 10.6 Å². The van der Waals surface area contributed by atoms with Gasteiger partial charge >= 0.3 is 6.03 Å². The fourth-order valence-electron chi connectivity index (χ4n) is 1.14. The number of rotatable bonds is 0. The van der Waals surface area contributed by atoms with Gasteiger partial charge in [-0.25, -0.2) is 4.79 Å². The molecule has 2 atom stereocenters. The molecule has 0 unspecified atom stereocenters. The van der Waals surface area contributed by atoms with Gasteiger partial charge in [0.05, 0.1) is 0 Å². The predicted molar refractivity (Wildman–Crippen MR) is 35.2 cm³/mol. The molecule has 1 fully saturated rings. The molecule has 0 aliphatic carbocycles. The van der Waals surface area contributed by atoms with Gasteiger partial charge in [-0.05, 0) is 20.3 Å². The average Bonchev–Trinajstić information content (AvgIpc) is 1.59. The molecule has 2 N–H and O–H groups in total. The van der Waals surface area contributed by atoms with Crippen molar-refractivity contribution in [2.75, 3.05) is 0 Å². The van der Waals surface area contributed by atoms with Crippen molar-refractivity contribution in [3.05, 3.63) is 0 Å². The number of hydrogen-bond donors (Lipinski definition) is 2. The second-order valence-electron chi connectivity index (χ2n) is 2.66. The first-order valence-corrected chi connectivity index (χ1v) is 3.25. The van der Waals surface area contributed by atoms with E-state index in [1.54, 1.807) is 0 Å². The number of amides is 2. The number of carbonyl (C=O) groups excluding carboxylic acids is 1. The zero-order chi connectivity index (χ0) is 6.85. The van der Waals surface area contributed by atoms with Crippen molar-refractivity contribution in [1.82, 2.24) is 10.6 Å². The molecule has 1 aliphatic heterocycles. The monoisotopic (exact) mass is 128 g/mol. The maximum Gasteiger partial charge on any atom is 0.315 e. The highest BCUT2D eigenvalue weighted by Crippen LogP contribution is 2.01. The summed E-state index contributed by atoms with van der Waals surface area (Å²) in [5.41, 5.74) is 0. The van der Waals surface area contributed by atoms with Crippen molar-refractivity contribution >= 4 is 6.03 Å². The van der Waals surface area contributed by atoms with Crippen LogP contribution in [0.15, 0.2) is 0 Å². The van der Waals surface area contributed by atoms with E-state index in [0.29, 0.717) is 12.1 Å². The predicted octanol–water partition coefficient (Wildman–Crippen LogP) is 0.466. The molecule has 1 heterocycles. The van der Waals surface area contributed by atoms with Gasteiger partial charge < -0.3 is 10.6 Å². The second-order valence-corrected chi connectivity index (χ2v) is 2.66. The van der Waals surface area contributed by atoms with Gasteiger partial charge in [-0.3, -0.25) is 0 Å². The fourth-order valence-corrected chi connectivity index (χ4v) is 1.14. The van der Waals surface area contributed by atoms with Gasteiger partial charge in [0.25, 0.3) is 0 Å². The molecule has 3 heteroatoms. The lowest BCUT2D eigenvalue weighted by Gasteiger charge is -2.26. The van der Waals surface area contributed by atoms with Crippen LogP contribution in [0, 0.1) is 0 Å². The van der Waals surface area contributed by atoms with Crippen LogP contribution in [0.1, 0.15) is 20.3 Å². The van der Waals surface area contributed by atoms with Crippen molar-refractivity contribution < 1.29 is 4.79 Å². The van der Waals surface area contributed by atoms with Crippen LogP contribution in [0.4, 0.5) is 4.79 Å². The van der Waals surface area contributed by atoms with Crippen LogP contribution in [-0.2, 0) is 0 Å². The molecular weight excluding hydrogens is 116 g/mol. The Balaban J connectivity index is 2.43. The third-order valence-electron chi connectivity index (χ3n) is 1.46. The Labute approximate surface area is 54.8 Å². The number of carbonyl (C=O) groups is 1. The SMILES string of the molecule is C[C@@H]1C[C@@H](C)NC(=O)N1. The maximum absolute atomic E-state index is 10.7. The highest BCUT2D eigenvalue weighted by atomic mass is 16.2. The molecule has 1 rings (SSSR count). The summed E-state index contributed by atoms with van der Waals surface area (Å²) >= 11 is 0. The molecular formula is C6H12N2O. The molecule has 0 radical (unpaired) electrons. The second kappa shape index (κ2) is 2.25. The average molecular weight is 128 g/mol. The van der Waals surface area contributed by atoms with Crippen LogP contribution in [0.3, 0.4) is 0 Å². The van der Waals surface area contributed by atoms with Gasteiger partial charge in [0, 0.05) is 12.1 Å². The lowest BCUT2D eigenvalue weighted by Crippen LogP contribution is -2.52. The first-order chi connectivity index (χ1) is 4.18. The Morgan fingerprint density at radius 2 is 1.78 bits per heavy atom. The number of urea groups is 1. The minimum Gasteiger partial charge on any atom is -0.336 e. The molecule has 52 valence electrons. The third kappa shape index (κ3) is 1.59.